The quantitative estimate of drug-likeness (QED) is 0.720. The van der Waals surface area contributed by atoms with Crippen LogP contribution in [0.1, 0.15) is 12.8 Å². The molecule has 1 fully saturated rings. The highest BCUT2D eigenvalue weighted by atomic mass is 16.5. The van der Waals surface area contributed by atoms with Crippen LogP contribution in [0.2, 0.25) is 0 Å². The highest BCUT2D eigenvalue weighted by molar-refractivity contribution is 5.76. The Balaban J connectivity index is 2.13. The van der Waals surface area contributed by atoms with Crippen LogP contribution >= 0.6 is 0 Å². The summed E-state index contributed by atoms with van der Waals surface area (Å²) in [5.41, 5.74) is 6.79. The largest absolute Gasteiger partial charge is 0.473 e. The van der Waals surface area contributed by atoms with Gasteiger partial charge in [-0.05, 0) is 12.8 Å². The summed E-state index contributed by atoms with van der Waals surface area (Å²) in [5, 5.41) is 0. The summed E-state index contributed by atoms with van der Waals surface area (Å²) in [7, 11) is 0. The van der Waals surface area contributed by atoms with Gasteiger partial charge in [-0.15, -0.1) is 0 Å². The van der Waals surface area contributed by atoms with E-state index in [1.807, 2.05) is 0 Å². The highest BCUT2D eigenvalue weighted by Gasteiger charge is 2.25. The molecule has 0 amide bonds. The summed E-state index contributed by atoms with van der Waals surface area (Å²) in [5.74, 6) is 0.702. The van der Waals surface area contributed by atoms with Gasteiger partial charge in [0.15, 0.2) is 5.65 Å². The molecule has 2 heterocycles. The Hall–Kier alpha value is -1.85. The molecule has 0 aromatic carbocycles. The number of nitrogens with one attached hydrogen (secondary N) is 1. The molecular weight excluding hydrogens is 182 g/mol. The van der Waals surface area contributed by atoms with Crippen LogP contribution in [-0.4, -0.2) is 26.0 Å². The lowest BCUT2D eigenvalue weighted by Gasteiger charge is -2.03. The van der Waals surface area contributed by atoms with Gasteiger partial charge in [0.25, 0.3) is 0 Å². The van der Waals surface area contributed by atoms with Crippen molar-refractivity contribution >= 4 is 17.1 Å². The van der Waals surface area contributed by atoms with E-state index in [1.54, 1.807) is 6.33 Å². The van der Waals surface area contributed by atoms with Crippen LogP contribution < -0.4 is 10.5 Å². The summed E-state index contributed by atoms with van der Waals surface area (Å²) in [4.78, 5) is 14.9. The van der Waals surface area contributed by atoms with Crippen molar-refractivity contribution in [2.24, 2.45) is 0 Å². The maximum absolute atomic E-state index is 5.58. The van der Waals surface area contributed by atoms with Crippen LogP contribution in [0, 0.1) is 0 Å². The Kier molecular flexibility index (Phi) is 1.38. The maximum atomic E-state index is 5.58. The number of rotatable bonds is 2. The van der Waals surface area contributed by atoms with E-state index >= 15 is 0 Å². The Morgan fingerprint density at radius 1 is 1.43 bits per heavy atom. The first kappa shape index (κ1) is 7.54. The number of nitrogen functional groups attached to an aromatic ring is 1. The smallest absolute Gasteiger partial charge is 0.245 e. The van der Waals surface area contributed by atoms with E-state index in [9.17, 15) is 0 Å². The fourth-order valence-corrected chi connectivity index (χ4v) is 1.25. The average molecular weight is 191 g/mol. The number of aromatic nitrogens is 4. The molecule has 0 spiro atoms. The second-order valence-corrected chi connectivity index (χ2v) is 3.31. The van der Waals surface area contributed by atoms with Crippen LogP contribution in [0.4, 0.5) is 5.95 Å². The number of nitrogens with zero attached hydrogens (tertiary/aromatic N) is 3. The van der Waals surface area contributed by atoms with Crippen molar-refractivity contribution in [3.8, 4) is 5.88 Å². The highest BCUT2D eigenvalue weighted by Crippen LogP contribution is 2.28. The Bertz CT molecular complexity index is 476. The van der Waals surface area contributed by atoms with Crippen LogP contribution in [0.25, 0.3) is 11.2 Å². The number of aromatic amines is 1. The van der Waals surface area contributed by atoms with Gasteiger partial charge in [-0.25, -0.2) is 4.98 Å². The number of H-pyrrole nitrogens is 1. The Morgan fingerprint density at radius 2 is 2.29 bits per heavy atom. The molecule has 6 nitrogen and oxygen atoms in total. The first-order valence-electron chi connectivity index (χ1n) is 4.46. The van der Waals surface area contributed by atoms with Crippen molar-refractivity contribution in [1.29, 1.82) is 0 Å². The molecule has 0 radical (unpaired) electrons. The topological polar surface area (TPSA) is 89.7 Å². The lowest BCUT2D eigenvalue weighted by Crippen LogP contribution is -2.03. The summed E-state index contributed by atoms with van der Waals surface area (Å²) >= 11 is 0. The standard InChI is InChI=1S/C8H9N5O/c9-8-12-6-5(10-3-11-6)7(13-8)14-4-1-2-4/h3-4H,1-2H2,(H3,9,10,11,12,13). The third-order valence-corrected chi connectivity index (χ3v) is 2.07. The fraction of sp³-hybridized carbons (Fsp3) is 0.375. The second kappa shape index (κ2) is 2.57. The monoisotopic (exact) mass is 191 g/mol. The molecule has 0 aliphatic heterocycles. The normalized spacial score (nSPS) is 16.0. The Labute approximate surface area is 79.5 Å². The van der Waals surface area contributed by atoms with E-state index in [-0.39, 0.29) is 12.1 Å². The molecule has 0 bridgehead atoms. The molecule has 1 aliphatic carbocycles. The number of ether oxygens (including phenoxy) is 1. The molecule has 3 rings (SSSR count). The first-order valence-corrected chi connectivity index (χ1v) is 4.46. The van der Waals surface area contributed by atoms with Crippen LogP contribution in [0.15, 0.2) is 6.33 Å². The molecular formula is C8H9N5O. The van der Waals surface area contributed by atoms with E-state index in [2.05, 4.69) is 19.9 Å². The van der Waals surface area contributed by atoms with E-state index in [0.29, 0.717) is 17.0 Å². The molecule has 2 aromatic rings. The molecule has 14 heavy (non-hydrogen) atoms. The summed E-state index contributed by atoms with van der Waals surface area (Å²) in [6.07, 6.45) is 4.01. The molecule has 0 unspecified atom stereocenters. The third kappa shape index (κ3) is 1.15. The van der Waals surface area contributed by atoms with E-state index in [4.69, 9.17) is 10.5 Å². The van der Waals surface area contributed by atoms with Crippen LogP contribution in [0.5, 0.6) is 5.88 Å². The van der Waals surface area contributed by atoms with Crippen molar-refractivity contribution in [1.82, 2.24) is 19.9 Å². The zero-order valence-corrected chi connectivity index (χ0v) is 7.40. The number of fused-ring (bicyclic) bond motifs is 1. The molecule has 0 atom stereocenters. The summed E-state index contributed by atoms with van der Waals surface area (Å²) in [6, 6.07) is 0. The van der Waals surface area contributed by atoms with E-state index < -0.39 is 0 Å². The van der Waals surface area contributed by atoms with Gasteiger partial charge in [0.1, 0.15) is 11.6 Å². The number of anilines is 1. The summed E-state index contributed by atoms with van der Waals surface area (Å²) < 4.78 is 5.58. The molecule has 0 saturated heterocycles. The molecule has 2 aromatic heterocycles. The molecule has 1 saturated carbocycles. The van der Waals surface area contributed by atoms with Crippen LogP contribution in [0.3, 0.4) is 0 Å². The van der Waals surface area contributed by atoms with Crippen molar-refractivity contribution in [3.05, 3.63) is 6.33 Å². The predicted octanol–water partition coefficient (Wildman–Crippen LogP) is 0.476. The molecule has 72 valence electrons. The zero-order valence-electron chi connectivity index (χ0n) is 7.40. The van der Waals surface area contributed by atoms with Crippen molar-refractivity contribution in [2.75, 3.05) is 5.73 Å². The summed E-state index contributed by atoms with van der Waals surface area (Å²) in [6.45, 7) is 0. The molecule has 3 N–H and O–H groups in total. The minimum absolute atomic E-state index is 0.195. The van der Waals surface area contributed by atoms with Gasteiger partial charge < -0.3 is 15.5 Å². The van der Waals surface area contributed by atoms with Gasteiger partial charge in [0.2, 0.25) is 11.8 Å². The predicted molar refractivity (Wildman–Crippen MR) is 49.7 cm³/mol. The zero-order chi connectivity index (χ0) is 9.54. The van der Waals surface area contributed by atoms with Gasteiger partial charge in [0, 0.05) is 0 Å². The molecule has 1 aliphatic rings. The van der Waals surface area contributed by atoms with Crippen molar-refractivity contribution in [2.45, 2.75) is 18.9 Å². The lowest BCUT2D eigenvalue weighted by atomic mass is 10.5. The average Bonchev–Trinajstić information content (AvgIpc) is 2.81. The van der Waals surface area contributed by atoms with Crippen molar-refractivity contribution < 1.29 is 4.74 Å². The maximum Gasteiger partial charge on any atom is 0.245 e. The first-order chi connectivity index (χ1) is 6.83. The molecule has 6 heteroatoms. The van der Waals surface area contributed by atoms with Gasteiger partial charge in [0.05, 0.1) is 6.33 Å². The third-order valence-electron chi connectivity index (χ3n) is 2.07. The SMILES string of the molecule is Nc1nc(OC2CC2)c2[nH]cnc2n1. The number of nitrogens with two attached hydrogens (primary N) is 1. The minimum atomic E-state index is 0.195. The number of imidazole rings is 1. The van der Waals surface area contributed by atoms with Gasteiger partial charge in [-0.3, -0.25) is 0 Å². The van der Waals surface area contributed by atoms with E-state index in [1.165, 1.54) is 0 Å². The fourth-order valence-electron chi connectivity index (χ4n) is 1.25. The van der Waals surface area contributed by atoms with E-state index in [0.717, 1.165) is 12.8 Å². The van der Waals surface area contributed by atoms with Gasteiger partial charge in [-0.2, -0.15) is 9.97 Å². The van der Waals surface area contributed by atoms with Gasteiger partial charge in [-0.1, -0.05) is 0 Å². The number of hydrogen-bond acceptors (Lipinski definition) is 5. The second-order valence-electron chi connectivity index (χ2n) is 3.31. The Morgan fingerprint density at radius 3 is 3.07 bits per heavy atom. The van der Waals surface area contributed by atoms with Gasteiger partial charge >= 0.3 is 0 Å². The minimum Gasteiger partial charge on any atom is -0.473 e. The lowest BCUT2D eigenvalue weighted by molar-refractivity contribution is 0.294. The van der Waals surface area contributed by atoms with Crippen molar-refractivity contribution in [3.63, 3.8) is 0 Å². The number of hydrogen-bond donors (Lipinski definition) is 2. The van der Waals surface area contributed by atoms with Crippen LogP contribution in [-0.2, 0) is 0 Å².